The first-order valence-corrected chi connectivity index (χ1v) is 3.48. The van der Waals surface area contributed by atoms with Gasteiger partial charge in [-0.3, -0.25) is 0 Å². The Bertz CT molecular complexity index is 121. The van der Waals surface area contributed by atoms with E-state index < -0.39 is 0 Å². The van der Waals surface area contributed by atoms with Crippen LogP contribution >= 0.6 is 0 Å². The average Bonchev–Trinajstić information content (AvgIpc) is 1.78. The van der Waals surface area contributed by atoms with Crippen LogP contribution in [-0.4, -0.2) is 6.04 Å². The SMILES string of the molecule is N#CC(N)CC1CCC1. The van der Waals surface area contributed by atoms with Gasteiger partial charge < -0.3 is 5.73 Å². The number of hydrogen-bond donors (Lipinski definition) is 1. The van der Waals surface area contributed by atoms with Gasteiger partial charge in [-0.15, -0.1) is 0 Å². The summed E-state index contributed by atoms with van der Waals surface area (Å²) in [4.78, 5) is 0. The number of nitrogens with two attached hydrogens (primary N) is 1. The predicted molar refractivity (Wildman–Crippen MR) is 35.5 cm³/mol. The minimum atomic E-state index is -0.213. The van der Waals surface area contributed by atoms with Crippen LogP contribution in [0.15, 0.2) is 0 Å². The Morgan fingerprint density at radius 3 is 2.67 bits per heavy atom. The van der Waals surface area contributed by atoms with Crippen molar-refractivity contribution in [2.24, 2.45) is 11.7 Å². The van der Waals surface area contributed by atoms with Crippen LogP contribution in [0.4, 0.5) is 0 Å². The van der Waals surface area contributed by atoms with E-state index in [1.165, 1.54) is 19.3 Å². The van der Waals surface area contributed by atoms with Crippen LogP contribution in [0, 0.1) is 17.2 Å². The van der Waals surface area contributed by atoms with Crippen LogP contribution in [0.5, 0.6) is 0 Å². The number of nitriles is 1. The molecule has 50 valence electrons. The van der Waals surface area contributed by atoms with E-state index in [9.17, 15) is 0 Å². The summed E-state index contributed by atoms with van der Waals surface area (Å²) in [6, 6.07) is 1.83. The van der Waals surface area contributed by atoms with Gasteiger partial charge in [0.25, 0.3) is 0 Å². The Kier molecular flexibility index (Phi) is 2.07. The summed E-state index contributed by atoms with van der Waals surface area (Å²) in [5.41, 5.74) is 5.42. The molecule has 0 saturated heterocycles. The van der Waals surface area contributed by atoms with Crippen molar-refractivity contribution in [2.75, 3.05) is 0 Å². The smallest absolute Gasteiger partial charge is 0.0930 e. The van der Waals surface area contributed by atoms with Gasteiger partial charge in [-0.2, -0.15) is 5.26 Å². The van der Waals surface area contributed by atoms with Crippen molar-refractivity contribution in [1.29, 1.82) is 5.26 Å². The molecule has 1 aliphatic rings. The van der Waals surface area contributed by atoms with Crippen molar-refractivity contribution in [3.05, 3.63) is 0 Å². The second kappa shape index (κ2) is 2.84. The van der Waals surface area contributed by atoms with E-state index in [1.807, 2.05) is 6.07 Å². The number of nitrogens with zero attached hydrogens (tertiary/aromatic N) is 1. The molecule has 1 fully saturated rings. The molecule has 0 radical (unpaired) electrons. The third kappa shape index (κ3) is 1.69. The molecule has 0 aliphatic heterocycles. The molecule has 0 aromatic carbocycles. The highest BCUT2D eigenvalue weighted by atomic mass is 14.6. The van der Waals surface area contributed by atoms with Crippen molar-refractivity contribution < 1.29 is 0 Å². The third-order valence-corrected chi connectivity index (χ3v) is 1.98. The van der Waals surface area contributed by atoms with Crippen molar-refractivity contribution in [1.82, 2.24) is 0 Å². The van der Waals surface area contributed by atoms with E-state index in [1.54, 1.807) is 0 Å². The number of hydrogen-bond acceptors (Lipinski definition) is 2. The van der Waals surface area contributed by atoms with Crippen LogP contribution in [0.3, 0.4) is 0 Å². The normalized spacial score (nSPS) is 22.2. The maximum absolute atomic E-state index is 8.33. The lowest BCUT2D eigenvalue weighted by atomic mass is 9.81. The molecule has 0 amide bonds. The highest BCUT2D eigenvalue weighted by molar-refractivity contribution is 4.89. The molecule has 0 spiro atoms. The fourth-order valence-electron chi connectivity index (χ4n) is 1.14. The summed E-state index contributed by atoms with van der Waals surface area (Å²) in [5.74, 6) is 0.764. The lowest BCUT2D eigenvalue weighted by Gasteiger charge is -2.25. The lowest BCUT2D eigenvalue weighted by molar-refractivity contribution is 0.289. The molecule has 0 bridgehead atoms. The van der Waals surface area contributed by atoms with Gasteiger partial charge in [0.1, 0.15) is 0 Å². The largest absolute Gasteiger partial charge is 0.316 e. The summed E-state index contributed by atoms with van der Waals surface area (Å²) in [6.07, 6.45) is 4.82. The molecule has 0 aromatic heterocycles. The molecule has 2 heteroatoms. The second-order valence-corrected chi connectivity index (χ2v) is 2.77. The van der Waals surface area contributed by atoms with Crippen LogP contribution < -0.4 is 5.73 Å². The van der Waals surface area contributed by atoms with E-state index in [4.69, 9.17) is 11.0 Å². The molecule has 1 unspecified atom stereocenters. The average molecular weight is 124 g/mol. The fraction of sp³-hybridized carbons (Fsp3) is 0.857. The van der Waals surface area contributed by atoms with Gasteiger partial charge in [-0.05, 0) is 12.3 Å². The summed E-state index contributed by atoms with van der Waals surface area (Å²) < 4.78 is 0. The van der Waals surface area contributed by atoms with Gasteiger partial charge in [0, 0.05) is 0 Å². The van der Waals surface area contributed by atoms with Gasteiger partial charge in [0.15, 0.2) is 0 Å². The van der Waals surface area contributed by atoms with Crippen LogP contribution in [0.25, 0.3) is 0 Å². The minimum Gasteiger partial charge on any atom is -0.316 e. The van der Waals surface area contributed by atoms with Crippen LogP contribution in [-0.2, 0) is 0 Å². The minimum absolute atomic E-state index is 0.213. The molecule has 1 rings (SSSR count). The summed E-state index contributed by atoms with van der Waals surface area (Å²) in [5, 5.41) is 8.33. The first kappa shape index (κ1) is 6.57. The van der Waals surface area contributed by atoms with Gasteiger partial charge in [0.2, 0.25) is 0 Å². The first-order chi connectivity index (χ1) is 4.33. The Morgan fingerprint density at radius 2 is 2.33 bits per heavy atom. The summed E-state index contributed by atoms with van der Waals surface area (Å²) >= 11 is 0. The monoisotopic (exact) mass is 124 g/mol. The molecule has 0 heterocycles. The molecule has 1 aliphatic carbocycles. The third-order valence-electron chi connectivity index (χ3n) is 1.98. The molecule has 2 N–H and O–H groups in total. The van der Waals surface area contributed by atoms with Gasteiger partial charge in [-0.25, -0.2) is 0 Å². The van der Waals surface area contributed by atoms with E-state index in [-0.39, 0.29) is 6.04 Å². The van der Waals surface area contributed by atoms with Crippen molar-refractivity contribution in [2.45, 2.75) is 31.7 Å². The van der Waals surface area contributed by atoms with E-state index >= 15 is 0 Å². The van der Waals surface area contributed by atoms with E-state index in [0.717, 1.165) is 12.3 Å². The van der Waals surface area contributed by atoms with Gasteiger partial charge in [-0.1, -0.05) is 19.3 Å². The molecular formula is C7H12N2. The van der Waals surface area contributed by atoms with E-state index in [0.29, 0.717) is 0 Å². The standard InChI is InChI=1S/C7H12N2/c8-5-7(9)4-6-2-1-3-6/h6-7H,1-4,9H2. The predicted octanol–water partition coefficient (Wildman–Crippen LogP) is 1.03. The van der Waals surface area contributed by atoms with Crippen LogP contribution in [0.2, 0.25) is 0 Å². The Balaban J connectivity index is 2.10. The second-order valence-electron chi connectivity index (χ2n) is 2.77. The first-order valence-electron chi connectivity index (χ1n) is 3.48. The molecular weight excluding hydrogens is 112 g/mol. The van der Waals surface area contributed by atoms with Crippen molar-refractivity contribution in [3.8, 4) is 6.07 Å². The molecule has 0 aromatic rings. The highest BCUT2D eigenvalue weighted by Gasteiger charge is 2.19. The maximum Gasteiger partial charge on any atom is 0.0930 e. The van der Waals surface area contributed by atoms with Crippen molar-refractivity contribution >= 4 is 0 Å². The van der Waals surface area contributed by atoms with Crippen molar-refractivity contribution in [3.63, 3.8) is 0 Å². The zero-order valence-electron chi connectivity index (χ0n) is 5.51. The Hall–Kier alpha value is -0.550. The molecule has 9 heavy (non-hydrogen) atoms. The van der Waals surface area contributed by atoms with Gasteiger partial charge >= 0.3 is 0 Å². The number of rotatable bonds is 2. The van der Waals surface area contributed by atoms with Crippen LogP contribution in [0.1, 0.15) is 25.7 Å². The Labute approximate surface area is 55.7 Å². The summed E-state index contributed by atoms with van der Waals surface area (Å²) in [7, 11) is 0. The highest BCUT2D eigenvalue weighted by Crippen LogP contribution is 2.29. The quantitative estimate of drug-likeness (QED) is 0.597. The summed E-state index contributed by atoms with van der Waals surface area (Å²) in [6.45, 7) is 0. The zero-order valence-corrected chi connectivity index (χ0v) is 5.51. The van der Waals surface area contributed by atoms with E-state index in [2.05, 4.69) is 0 Å². The molecule has 1 saturated carbocycles. The lowest BCUT2D eigenvalue weighted by Crippen LogP contribution is -2.24. The Morgan fingerprint density at radius 1 is 1.67 bits per heavy atom. The van der Waals surface area contributed by atoms with Gasteiger partial charge in [0.05, 0.1) is 12.1 Å². The maximum atomic E-state index is 8.33. The molecule has 2 nitrogen and oxygen atoms in total. The topological polar surface area (TPSA) is 49.8 Å². The molecule has 1 atom stereocenters. The fourth-order valence-corrected chi connectivity index (χ4v) is 1.14. The zero-order chi connectivity index (χ0) is 6.69.